The number of nitriles is 1. The van der Waals surface area contributed by atoms with Gasteiger partial charge in [-0.2, -0.15) is 5.26 Å². The summed E-state index contributed by atoms with van der Waals surface area (Å²) in [5.74, 6) is -0.526. The molecule has 0 saturated heterocycles. The lowest BCUT2D eigenvalue weighted by Crippen LogP contribution is -1.81. The first-order valence-electron chi connectivity index (χ1n) is 4.92. The fraction of sp³-hybridized carbons (Fsp3) is 0. The molecule has 0 atom stereocenters. The Morgan fingerprint density at radius 1 is 1.06 bits per heavy atom. The highest BCUT2D eigenvalue weighted by Crippen LogP contribution is 2.25. The van der Waals surface area contributed by atoms with Gasteiger partial charge in [0.2, 0.25) is 5.69 Å². The lowest BCUT2D eigenvalue weighted by atomic mass is 10.0. The van der Waals surface area contributed by atoms with Crippen LogP contribution in [0.4, 0.5) is 10.1 Å². The molecule has 3 heteroatoms. The summed E-state index contributed by atoms with van der Waals surface area (Å²) >= 11 is 0. The summed E-state index contributed by atoms with van der Waals surface area (Å²) in [6.45, 7) is 6.76. The Labute approximate surface area is 98.4 Å². The van der Waals surface area contributed by atoms with Crippen molar-refractivity contribution in [1.82, 2.24) is 0 Å². The van der Waals surface area contributed by atoms with Gasteiger partial charge in [-0.25, -0.2) is 9.24 Å². The maximum atomic E-state index is 13.4. The van der Waals surface area contributed by atoms with Crippen molar-refractivity contribution >= 4 is 5.69 Å². The molecule has 0 fully saturated rings. The van der Waals surface area contributed by atoms with Gasteiger partial charge in [0.1, 0.15) is 5.82 Å². The van der Waals surface area contributed by atoms with E-state index in [0.29, 0.717) is 11.1 Å². The van der Waals surface area contributed by atoms with E-state index >= 15 is 0 Å². The van der Waals surface area contributed by atoms with Crippen molar-refractivity contribution in [2.45, 2.75) is 0 Å². The van der Waals surface area contributed by atoms with Crippen molar-refractivity contribution in [2.75, 3.05) is 0 Å². The molecule has 2 aromatic rings. The minimum absolute atomic E-state index is 0.0161. The Balaban J connectivity index is 2.44. The van der Waals surface area contributed by atoms with Crippen molar-refractivity contribution < 1.29 is 4.39 Å². The molecule has 0 heterocycles. The highest BCUT2D eigenvalue weighted by Gasteiger charge is 2.04. The second-order valence-corrected chi connectivity index (χ2v) is 3.47. The normalized spacial score (nSPS) is 9.35. The molecule has 0 bridgehead atoms. The van der Waals surface area contributed by atoms with E-state index in [1.54, 1.807) is 30.3 Å². The van der Waals surface area contributed by atoms with Gasteiger partial charge in [0, 0.05) is 0 Å². The van der Waals surface area contributed by atoms with E-state index < -0.39 is 5.82 Å². The molecule has 2 nitrogen and oxygen atoms in total. The number of benzene rings is 2. The second kappa shape index (κ2) is 4.47. The van der Waals surface area contributed by atoms with Crippen molar-refractivity contribution in [1.29, 1.82) is 5.26 Å². The van der Waals surface area contributed by atoms with E-state index in [2.05, 4.69) is 4.85 Å². The Kier molecular flexibility index (Phi) is 2.85. The molecule has 0 N–H and O–H groups in total. The van der Waals surface area contributed by atoms with E-state index in [1.807, 2.05) is 6.07 Å². The molecule has 0 unspecified atom stereocenters. The monoisotopic (exact) mass is 222 g/mol. The van der Waals surface area contributed by atoms with Crippen LogP contribution < -0.4 is 0 Å². The standard InChI is InChI=1S/C14H7FN2/c1-17-14-7-6-12(8-13(14)15)11-4-2-10(9-16)3-5-11/h2-8H. The fourth-order valence-corrected chi connectivity index (χ4v) is 1.51. The molecule has 0 radical (unpaired) electrons. The summed E-state index contributed by atoms with van der Waals surface area (Å²) in [4.78, 5) is 3.06. The second-order valence-electron chi connectivity index (χ2n) is 3.47. The van der Waals surface area contributed by atoms with Crippen LogP contribution in [-0.2, 0) is 0 Å². The van der Waals surface area contributed by atoms with Gasteiger partial charge in [0.15, 0.2) is 0 Å². The molecule has 17 heavy (non-hydrogen) atoms. The number of hydrogen-bond donors (Lipinski definition) is 0. The molecule has 0 aromatic heterocycles. The van der Waals surface area contributed by atoms with Crippen LogP contribution in [0.15, 0.2) is 42.5 Å². The maximum absolute atomic E-state index is 13.4. The van der Waals surface area contributed by atoms with Gasteiger partial charge in [-0.3, -0.25) is 0 Å². The van der Waals surface area contributed by atoms with Crippen LogP contribution in [0.25, 0.3) is 16.0 Å². The highest BCUT2D eigenvalue weighted by molar-refractivity contribution is 5.67. The van der Waals surface area contributed by atoms with Gasteiger partial charge in [-0.1, -0.05) is 24.3 Å². The van der Waals surface area contributed by atoms with E-state index in [-0.39, 0.29) is 5.69 Å². The minimum Gasteiger partial charge on any atom is -0.235 e. The zero-order valence-corrected chi connectivity index (χ0v) is 8.81. The number of rotatable bonds is 1. The molecular formula is C14H7FN2. The minimum atomic E-state index is -0.526. The van der Waals surface area contributed by atoms with Gasteiger partial charge < -0.3 is 0 Å². The quantitative estimate of drug-likeness (QED) is 0.672. The molecule has 0 amide bonds. The van der Waals surface area contributed by atoms with Crippen LogP contribution in [0.3, 0.4) is 0 Å². The van der Waals surface area contributed by atoms with Crippen LogP contribution in [-0.4, -0.2) is 0 Å². The molecule has 0 aliphatic rings. The molecular weight excluding hydrogens is 215 g/mol. The first-order valence-corrected chi connectivity index (χ1v) is 4.92. The third kappa shape index (κ3) is 2.14. The summed E-state index contributed by atoms with van der Waals surface area (Å²) in [6.07, 6.45) is 0. The predicted molar refractivity (Wildman–Crippen MR) is 62.8 cm³/mol. The largest absolute Gasteiger partial charge is 0.235 e. The lowest BCUT2D eigenvalue weighted by molar-refractivity contribution is 0.634. The Hall–Kier alpha value is -2.65. The number of nitrogens with zero attached hydrogens (tertiary/aromatic N) is 2. The van der Waals surface area contributed by atoms with Gasteiger partial charge in [0.25, 0.3) is 0 Å². The highest BCUT2D eigenvalue weighted by atomic mass is 19.1. The number of hydrogen-bond acceptors (Lipinski definition) is 1. The third-order valence-electron chi connectivity index (χ3n) is 2.42. The van der Waals surface area contributed by atoms with E-state index in [0.717, 1.165) is 5.56 Å². The SMILES string of the molecule is [C-]#[N+]c1ccc(-c2ccc(C#N)cc2)cc1F. The van der Waals surface area contributed by atoms with Gasteiger partial charge in [-0.05, 0) is 29.3 Å². The Morgan fingerprint density at radius 2 is 1.71 bits per heavy atom. The molecule has 80 valence electrons. The fourth-order valence-electron chi connectivity index (χ4n) is 1.51. The van der Waals surface area contributed by atoms with Crippen LogP contribution >= 0.6 is 0 Å². The topological polar surface area (TPSA) is 28.1 Å². The third-order valence-corrected chi connectivity index (χ3v) is 2.42. The summed E-state index contributed by atoms with van der Waals surface area (Å²) < 4.78 is 13.4. The van der Waals surface area contributed by atoms with E-state index in [4.69, 9.17) is 11.8 Å². The first-order chi connectivity index (χ1) is 8.24. The molecule has 2 rings (SSSR count). The number of halogens is 1. The molecule has 0 spiro atoms. The van der Waals surface area contributed by atoms with E-state index in [1.165, 1.54) is 12.1 Å². The lowest BCUT2D eigenvalue weighted by Gasteiger charge is -2.02. The average Bonchev–Trinajstić information content (AvgIpc) is 2.39. The zero-order chi connectivity index (χ0) is 12.3. The smallest absolute Gasteiger partial charge is 0.222 e. The van der Waals surface area contributed by atoms with Crippen LogP contribution in [0.1, 0.15) is 5.56 Å². The van der Waals surface area contributed by atoms with Crippen molar-refractivity contribution in [3.8, 4) is 17.2 Å². The summed E-state index contributed by atoms with van der Waals surface area (Å²) in [7, 11) is 0. The Morgan fingerprint density at radius 3 is 2.24 bits per heavy atom. The van der Waals surface area contributed by atoms with E-state index in [9.17, 15) is 4.39 Å². The van der Waals surface area contributed by atoms with Gasteiger partial charge in [0.05, 0.1) is 18.2 Å². The zero-order valence-electron chi connectivity index (χ0n) is 8.81. The molecule has 0 aliphatic carbocycles. The Bertz CT molecular complexity index is 631. The summed E-state index contributed by atoms with van der Waals surface area (Å²) in [6, 6.07) is 13.4. The molecule has 2 aromatic carbocycles. The summed E-state index contributed by atoms with van der Waals surface area (Å²) in [5.41, 5.74) is 2.09. The summed E-state index contributed by atoms with van der Waals surface area (Å²) in [5, 5.41) is 8.67. The van der Waals surface area contributed by atoms with Crippen LogP contribution in [0.5, 0.6) is 0 Å². The predicted octanol–water partition coefficient (Wildman–Crippen LogP) is 3.92. The van der Waals surface area contributed by atoms with Crippen LogP contribution in [0, 0.1) is 23.7 Å². The van der Waals surface area contributed by atoms with Gasteiger partial charge in [-0.15, -0.1) is 0 Å². The van der Waals surface area contributed by atoms with Crippen molar-refractivity contribution in [3.63, 3.8) is 0 Å². The van der Waals surface area contributed by atoms with Crippen molar-refractivity contribution in [3.05, 3.63) is 65.3 Å². The van der Waals surface area contributed by atoms with Gasteiger partial charge >= 0.3 is 0 Å². The van der Waals surface area contributed by atoms with Crippen LogP contribution in [0.2, 0.25) is 0 Å². The average molecular weight is 222 g/mol. The molecule has 0 aliphatic heterocycles. The first kappa shape index (κ1) is 10.9. The van der Waals surface area contributed by atoms with Crippen molar-refractivity contribution in [2.24, 2.45) is 0 Å². The maximum Gasteiger partial charge on any atom is 0.222 e. The molecule has 0 saturated carbocycles.